The number of unbranched alkanes of at least 4 members (excludes halogenated alkanes) is 3. The Hall–Kier alpha value is -3.14. The second-order valence-electron chi connectivity index (χ2n) is 11.8. The Kier molecular flexibility index (Phi) is 8.83. The van der Waals surface area contributed by atoms with E-state index in [1.807, 2.05) is 20.8 Å². The molecule has 6 atom stereocenters. The van der Waals surface area contributed by atoms with Gasteiger partial charge in [-0.15, -0.1) is 0 Å². The maximum atomic E-state index is 14.2. The molecule has 42 heavy (non-hydrogen) atoms. The molecule has 3 heterocycles. The van der Waals surface area contributed by atoms with E-state index in [0.717, 1.165) is 12.8 Å². The third kappa shape index (κ3) is 5.38. The van der Waals surface area contributed by atoms with Crippen LogP contribution in [0.25, 0.3) is 0 Å². The Morgan fingerprint density at radius 1 is 1.02 bits per heavy atom. The van der Waals surface area contributed by atoms with Crippen LogP contribution in [-0.4, -0.2) is 64.7 Å². The van der Waals surface area contributed by atoms with E-state index in [9.17, 15) is 14.4 Å². The second-order valence-corrected chi connectivity index (χ2v) is 12.3. The number of aliphatic hydroxyl groups is 1. The summed E-state index contributed by atoms with van der Waals surface area (Å²) >= 11 is 6.05. The van der Waals surface area contributed by atoms with Gasteiger partial charge in [0.2, 0.25) is 17.7 Å². The first-order valence-corrected chi connectivity index (χ1v) is 15.2. The number of fused-ring (bicyclic) bond motifs is 1. The van der Waals surface area contributed by atoms with Crippen LogP contribution in [0.1, 0.15) is 52.9 Å². The quantitative estimate of drug-likeness (QED) is 0.300. The van der Waals surface area contributed by atoms with E-state index >= 15 is 0 Å². The third-order valence-electron chi connectivity index (χ3n) is 9.20. The van der Waals surface area contributed by atoms with Crippen molar-refractivity contribution in [2.75, 3.05) is 30.4 Å². The summed E-state index contributed by atoms with van der Waals surface area (Å²) in [7, 11) is 0. The van der Waals surface area contributed by atoms with Crippen LogP contribution in [0.15, 0.2) is 48.5 Å². The zero-order valence-electron chi connectivity index (χ0n) is 24.4. The number of rotatable bonds is 12. The molecule has 2 aromatic carbocycles. The summed E-state index contributed by atoms with van der Waals surface area (Å²) < 4.78 is 12.3. The Labute approximate surface area is 251 Å². The molecule has 2 bridgehead atoms. The van der Waals surface area contributed by atoms with E-state index in [1.54, 1.807) is 53.4 Å². The van der Waals surface area contributed by atoms with Gasteiger partial charge in [-0.05, 0) is 87.6 Å². The zero-order chi connectivity index (χ0) is 30.1. The van der Waals surface area contributed by atoms with Gasteiger partial charge in [-0.25, -0.2) is 0 Å². The van der Waals surface area contributed by atoms with Crippen LogP contribution in [0.4, 0.5) is 11.4 Å². The summed E-state index contributed by atoms with van der Waals surface area (Å²) in [6.07, 6.45) is 3.49. The van der Waals surface area contributed by atoms with E-state index < -0.39 is 29.1 Å². The maximum Gasteiger partial charge on any atom is 0.250 e. The molecule has 3 saturated heterocycles. The highest BCUT2D eigenvalue weighted by Crippen LogP contribution is 2.65. The van der Waals surface area contributed by atoms with E-state index in [0.29, 0.717) is 54.6 Å². The van der Waals surface area contributed by atoms with Crippen LogP contribution in [0.5, 0.6) is 5.75 Å². The number of halogens is 1. The zero-order valence-corrected chi connectivity index (χ0v) is 25.2. The predicted molar refractivity (Wildman–Crippen MR) is 160 cm³/mol. The smallest absolute Gasteiger partial charge is 0.250 e. The molecule has 3 aliphatic rings. The van der Waals surface area contributed by atoms with Crippen LogP contribution < -0.4 is 15.4 Å². The first-order valence-electron chi connectivity index (χ1n) is 14.9. The molecule has 5 rings (SSSR count). The number of benzene rings is 2. The minimum atomic E-state index is -1.13. The number of hydrogen-bond donors (Lipinski definition) is 3. The standard InChI is InChI=1S/C32H40ClN3O6/c1-4-41-24-15-13-23(14-16-24)34-28(38)25-26-30(40)36(17-7-5-6-8-18-37)27(32(26)19-20(2)31(25,3)42-32)29(39)35-22-11-9-21(33)10-12-22/h9-16,20,25-27,37H,4-8,17-19H2,1-3H3,(H,34,38)(H,35,39)/t20?,25-,26-,27?,31+,32?/m0/s1. The van der Waals surface area contributed by atoms with Crippen molar-refractivity contribution in [1.82, 2.24) is 4.90 Å². The average molecular weight is 598 g/mol. The van der Waals surface area contributed by atoms with Gasteiger partial charge in [-0.1, -0.05) is 31.4 Å². The normalized spacial score (nSPS) is 29.5. The molecule has 3 fully saturated rings. The fourth-order valence-corrected chi connectivity index (χ4v) is 7.32. The Balaban J connectivity index is 1.45. The molecule has 226 valence electrons. The molecule has 10 heteroatoms. The number of carbonyl (C=O) groups is 3. The summed E-state index contributed by atoms with van der Waals surface area (Å²) in [5.41, 5.74) is -0.883. The number of ether oxygens (including phenoxy) is 2. The van der Waals surface area contributed by atoms with Gasteiger partial charge in [0.05, 0.1) is 24.0 Å². The van der Waals surface area contributed by atoms with Crippen LogP contribution in [-0.2, 0) is 19.1 Å². The lowest BCUT2D eigenvalue weighted by Gasteiger charge is -2.36. The number of hydrogen-bond acceptors (Lipinski definition) is 6. The van der Waals surface area contributed by atoms with Gasteiger partial charge in [0, 0.05) is 29.5 Å². The summed E-state index contributed by atoms with van der Waals surface area (Å²) in [5.74, 6) is -1.79. The summed E-state index contributed by atoms with van der Waals surface area (Å²) in [5, 5.41) is 15.7. The molecule has 0 radical (unpaired) electrons. The first-order chi connectivity index (χ1) is 20.1. The number of amides is 3. The predicted octanol–water partition coefficient (Wildman–Crippen LogP) is 4.88. The number of nitrogens with one attached hydrogen (secondary N) is 2. The molecule has 9 nitrogen and oxygen atoms in total. The lowest BCUT2D eigenvalue weighted by molar-refractivity contribution is -0.144. The van der Waals surface area contributed by atoms with Crippen LogP contribution in [0, 0.1) is 17.8 Å². The molecule has 1 spiro atoms. The van der Waals surface area contributed by atoms with Crippen molar-refractivity contribution in [2.24, 2.45) is 17.8 Å². The van der Waals surface area contributed by atoms with Crippen LogP contribution in [0.2, 0.25) is 5.02 Å². The highest BCUT2D eigenvalue weighted by Gasteiger charge is 2.79. The monoisotopic (exact) mass is 597 g/mol. The SMILES string of the molecule is CCOc1ccc(NC(=O)[C@@H]2[C@H]3C(=O)N(CCCCCCO)C(C(=O)Nc4ccc(Cl)cc4)C34CC(C)[C@@]2(C)O4)cc1. The number of aliphatic hydroxyl groups excluding tert-OH is 1. The number of anilines is 2. The van der Waals surface area contributed by atoms with Crippen molar-refractivity contribution < 1.29 is 29.0 Å². The lowest BCUT2D eigenvalue weighted by atomic mass is 9.62. The van der Waals surface area contributed by atoms with Crippen molar-refractivity contribution in [1.29, 1.82) is 0 Å². The number of nitrogens with zero attached hydrogens (tertiary/aromatic N) is 1. The van der Waals surface area contributed by atoms with Crippen molar-refractivity contribution >= 4 is 40.7 Å². The molecule has 0 saturated carbocycles. The summed E-state index contributed by atoms with van der Waals surface area (Å²) in [6, 6.07) is 13.1. The first kappa shape index (κ1) is 30.3. The van der Waals surface area contributed by atoms with Crippen molar-refractivity contribution in [3.05, 3.63) is 53.6 Å². The van der Waals surface area contributed by atoms with Gasteiger partial charge in [0.15, 0.2) is 0 Å². The minimum Gasteiger partial charge on any atom is -0.494 e. The van der Waals surface area contributed by atoms with E-state index in [-0.39, 0.29) is 30.2 Å². The molecule has 0 aliphatic carbocycles. The van der Waals surface area contributed by atoms with Gasteiger partial charge in [-0.3, -0.25) is 14.4 Å². The summed E-state index contributed by atoms with van der Waals surface area (Å²) in [6.45, 7) is 6.85. The largest absolute Gasteiger partial charge is 0.494 e. The van der Waals surface area contributed by atoms with E-state index in [1.165, 1.54) is 0 Å². The molecule has 3 unspecified atom stereocenters. The maximum absolute atomic E-state index is 14.2. The molecular formula is C32H40ClN3O6. The molecule has 3 amide bonds. The van der Waals surface area contributed by atoms with Crippen LogP contribution >= 0.6 is 11.6 Å². The number of carbonyl (C=O) groups excluding carboxylic acids is 3. The Morgan fingerprint density at radius 2 is 1.64 bits per heavy atom. The van der Waals surface area contributed by atoms with Gasteiger partial charge in [0.1, 0.15) is 17.4 Å². The fourth-order valence-electron chi connectivity index (χ4n) is 7.19. The average Bonchev–Trinajstić information content (AvgIpc) is 3.47. The van der Waals surface area contributed by atoms with Gasteiger partial charge in [0.25, 0.3) is 0 Å². The Bertz CT molecular complexity index is 1300. The van der Waals surface area contributed by atoms with Gasteiger partial charge in [-0.2, -0.15) is 0 Å². The highest BCUT2D eigenvalue weighted by molar-refractivity contribution is 6.30. The summed E-state index contributed by atoms with van der Waals surface area (Å²) in [4.78, 5) is 43.9. The molecule has 3 aliphatic heterocycles. The van der Waals surface area contributed by atoms with Crippen molar-refractivity contribution in [3.8, 4) is 5.75 Å². The molecule has 0 aromatic heterocycles. The lowest BCUT2D eigenvalue weighted by Crippen LogP contribution is -2.54. The van der Waals surface area contributed by atoms with Crippen LogP contribution in [0.3, 0.4) is 0 Å². The second kappa shape index (κ2) is 12.2. The van der Waals surface area contributed by atoms with E-state index in [4.69, 9.17) is 26.2 Å². The minimum absolute atomic E-state index is 0.0621. The molecule has 2 aromatic rings. The van der Waals surface area contributed by atoms with Gasteiger partial charge >= 0.3 is 0 Å². The number of likely N-dealkylation sites (tertiary alicyclic amines) is 1. The third-order valence-corrected chi connectivity index (χ3v) is 9.45. The molecule has 3 N–H and O–H groups in total. The van der Waals surface area contributed by atoms with Crippen molar-refractivity contribution in [2.45, 2.75) is 70.1 Å². The topological polar surface area (TPSA) is 117 Å². The molecular weight excluding hydrogens is 558 g/mol. The van der Waals surface area contributed by atoms with E-state index in [2.05, 4.69) is 10.6 Å². The van der Waals surface area contributed by atoms with Crippen molar-refractivity contribution in [3.63, 3.8) is 0 Å². The fraction of sp³-hybridized carbons (Fsp3) is 0.531. The Morgan fingerprint density at radius 3 is 2.29 bits per heavy atom. The van der Waals surface area contributed by atoms with Gasteiger partial charge < -0.3 is 30.1 Å². The highest BCUT2D eigenvalue weighted by atomic mass is 35.5.